The maximum absolute atomic E-state index is 12.2. The molecule has 0 spiro atoms. The Kier molecular flexibility index (Phi) is 2.51. The molecule has 0 aliphatic rings. The number of rotatable bonds is 1. The first kappa shape index (κ1) is 10.6. The van der Waals surface area contributed by atoms with Crippen LogP contribution < -0.4 is 5.73 Å². The van der Waals surface area contributed by atoms with Gasteiger partial charge in [-0.3, -0.25) is 4.79 Å². The van der Waals surface area contributed by atoms with E-state index in [9.17, 15) is 18.0 Å². The highest BCUT2D eigenvalue weighted by Crippen LogP contribution is 2.30. The van der Waals surface area contributed by atoms with E-state index in [4.69, 9.17) is 5.73 Å². The van der Waals surface area contributed by atoms with Crippen LogP contribution in [-0.4, -0.2) is 5.91 Å². The van der Waals surface area contributed by atoms with Gasteiger partial charge in [0.2, 0.25) is 5.91 Å². The number of nitrogens with two attached hydrogens (primary N) is 1. The fraction of sp³-hybridized carbons (Fsp3) is 0.222. The summed E-state index contributed by atoms with van der Waals surface area (Å²) in [6.07, 6.45) is -4.39. The summed E-state index contributed by atoms with van der Waals surface area (Å²) in [6.45, 7) is 1.41. The third-order valence-electron chi connectivity index (χ3n) is 1.82. The Bertz CT molecular complexity index is 371. The van der Waals surface area contributed by atoms with Crippen LogP contribution in [0.1, 0.15) is 21.5 Å². The molecule has 0 unspecified atom stereocenters. The zero-order chi connectivity index (χ0) is 10.9. The third-order valence-corrected chi connectivity index (χ3v) is 1.82. The number of carbonyl (C=O) groups is 1. The molecule has 2 N–H and O–H groups in total. The van der Waals surface area contributed by atoms with Crippen LogP contribution in [0.15, 0.2) is 18.2 Å². The summed E-state index contributed by atoms with van der Waals surface area (Å²) in [5, 5.41) is 0. The van der Waals surface area contributed by atoms with Crippen LogP contribution in [0.2, 0.25) is 0 Å². The van der Waals surface area contributed by atoms with Crippen LogP contribution in [0.25, 0.3) is 0 Å². The van der Waals surface area contributed by atoms with Crippen molar-refractivity contribution in [2.24, 2.45) is 5.73 Å². The predicted octanol–water partition coefficient (Wildman–Crippen LogP) is 2.11. The molecule has 0 heterocycles. The summed E-state index contributed by atoms with van der Waals surface area (Å²) in [6, 6.07) is 2.83. The smallest absolute Gasteiger partial charge is 0.366 e. The van der Waals surface area contributed by atoms with Crippen LogP contribution in [0, 0.1) is 6.92 Å². The van der Waals surface area contributed by atoms with E-state index in [-0.39, 0.29) is 11.1 Å². The van der Waals surface area contributed by atoms with E-state index in [2.05, 4.69) is 0 Å². The standard InChI is InChI=1S/C9H8F3NO/c1-5-4-6(9(10,11)12)2-3-7(5)8(13)14/h2-4H,1H3,(H2,13,14). The SMILES string of the molecule is Cc1cc(C(F)(F)F)ccc1C(N)=O. The normalized spacial score (nSPS) is 11.4. The first-order valence-electron chi connectivity index (χ1n) is 3.80. The summed E-state index contributed by atoms with van der Waals surface area (Å²) in [4.78, 5) is 10.7. The van der Waals surface area contributed by atoms with Gasteiger partial charge in [-0.1, -0.05) is 0 Å². The predicted molar refractivity (Wildman–Crippen MR) is 44.7 cm³/mol. The second-order valence-corrected chi connectivity index (χ2v) is 2.89. The van der Waals surface area contributed by atoms with Crippen LogP contribution in [0.3, 0.4) is 0 Å². The van der Waals surface area contributed by atoms with E-state index in [1.165, 1.54) is 6.92 Å². The van der Waals surface area contributed by atoms with E-state index in [1.54, 1.807) is 0 Å². The van der Waals surface area contributed by atoms with Gasteiger partial charge in [-0.25, -0.2) is 0 Å². The molecule has 2 nitrogen and oxygen atoms in total. The molecule has 5 heteroatoms. The molecule has 1 rings (SSSR count). The molecule has 0 aliphatic carbocycles. The van der Waals surface area contributed by atoms with Crippen molar-refractivity contribution < 1.29 is 18.0 Å². The topological polar surface area (TPSA) is 43.1 Å². The van der Waals surface area contributed by atoms with Crippen molar-refractivity contribution in [3.8, 4) is 0 Å². The van der Waals surface area contributed by atoms with E-state index >= 15 is 0 Å². The lowest BCUT2D eigenvalue weighted by Gasteiger charge is -2.08. The molecule has 0 saturated carbocycles. The fourth-order valence-corrected chi connectivity index (χ4v) is 1.12. The average Bonchev–Trinajstić information content (AvgIpc) is 2.01. The lowest BCUT2D eigenvalue weighted by Crippen LogP contribution is -2.14. The van der Waals surface area contributed by atoms with Crippen molar-refractivity contribution in [2.45, 2.75) is 13.1 Å². The van der Waals surface area contributed by atoms with Crippen molar-refractivity contribution in [3.05, 3.63) is 34.9 Å². The minimum atomic E-state index is -4.39. The highest BCUT2D eigenvalue weighted by atomic mass is 19.4. The van der Waals surface area contributed by atoms with Gasteiger partial charge in [-0.15, -0.1) is 0 Å². The summed E-state index contributed by atoms with van der Waals surface area (Å²) < 4.78 is 36.6. The first-order valence-corrected chi connectivity index (χ1v) is 3.80. The molecule has 76 valence electrons. The van der Waals surface area contributed by atoms with Crippen LogP contribution >= 0.6 is 0 Å². The van der Waals surface area contributed by atoms with Crippen molar-refractivity contribution in [1.29, 1.82) is 0 Å². The van der Waals surface area contributed by atoms with Gasteiger partial charge in [-0.2, -0.15) is 13.2 Å². The van der Waals surface area contributed by atoms with E-state index in [0.717, 1.165) is 18.2 Å². The lowest BCUT2D eigenvalue weighted by molar-refractivity contribution is -0.137. The van der Waals surface area contributed by atoms with Gasteiger partial charge in [0.15, 0.2) is 0 Å². The van der Waals surface area contributed by atoms with Crippen LogP contribution in [-0.2, 0) is 6.18 Å². The zero-order valence-corrected chi connectivity index (χ0v) is 7.35. The van der Waals surface area contributed by atoms with E-state index < -0.39 is 17.6 Å². The number of halogens is 3. The molecule has 14 heavy (non-hydrogen) atoms. The third kappa shape index (κ3) is 2.04. The van der Waals surface area contributed by atoms with Crippen molar-refractivity contribution in [1.82, 2.24) is 0 Å². The van der Waals surface area contributed by atoms with Crippen LogP contribution in [0.5, 0.6) is 0 Å². The molecule has 0 aromatic heterocycles. The number of primary amides is 1. The molecule has 1 aromatic rings. The molecule has 0 atom stereocenters. The fourth-order valence-electron chi connectivity index (χ4n) is 1.12. The number of amides is 1. The van der Waals surface area contributed by atoms with Gasteiger partial charge in [0, 0.05) is 5.56 Å². The quantitative estimate of drug-likeness (QED) is 0.746. The lowest BCUT2D eigenvalue weighted by atomic mass is 10.0. The van der Waals surface area contributed by atoms with E-state index in [1.807, 2.05) is 0 Å². The highest BCUT2D eigenvalue weighted by Gasteiger charge is 2.30. The summed E-state index contributed by atoms with van der Waals surface area (Å²) >= 11 is 0. The van der Waals surface area contributed by atoms with E-state index in [0.29, 0.717) is 0 Å². The Morgan fingerprint density at radius 3 is 2.29 bits per heavy atom. The Morgan fingerprint density at radius 2 is 1.93 bits per heavy atom. The second-order valence-electron chi connectivity index (χ2n) is 2.89. The van der Waals surface area contributed by atoms with Crippen molar-refractivity contribution in [2.75, 3.05) is 0 Å². The Hall–Kier alpha value is -1.52. The van der Waals surface area contributed by atoms with Crippen molar-refractivity contribution in [3.63, 3.8) is 0 Å². The van der Waals surface area contributed by atoms with Gasteiger partial charge in [-0.05, 0) is 30.7 Å². The van der Waals surface area contributed by atoms with Gasteiger partial charge in [0.1, 0.15) is 0 Å². The highest BCUT2D eigenvalue weighted by molar-refractivity contribution is 5.94. The minimum Gasteiger partial charge on any atom is -0.366 e. The molecule has 1 amide bonds. The number of benzene rings is 1. The molecule has 0 fully saturated rings. The molecule has 0 radical (unpaired) electrons. The Balaban J connectivity index is 3.20. The van der Waals surface area contributed by atoms with Gasteiger partial charge >= 0.3 is 6.18 Å². The molecular weight excluding hydrogens is 195 g/mol. The van der Waals surface area contributed by atoms with Gasteiger partial charge in [0.05, 0.1) is 5.56 Å². The first-order chi connectivity index (χ1) is 6.32. The number of aryl methyl sites for hydroxylation is 1. The average molecular weight is 203 g/mol. The largest absolute Gasteiger partial charge is 0.416 e. The molecule has 0 aliphatic heterocycles. The number of hydrogen-bond acceptors (Lipinski definition) is 1. The Morgan fingerprint density at radius 1 is 1.36 bits per heavy atom. The van der Waals surface area contributed by atoms with Gasteiger partial charge < -0.3 is 5.73 Å². The molecule has 0 saturated heterocycles. The maximum Gasteiger partial charge on any atom is 0.416 e. The number of carbonyl (C=O) groups excluding carboxylic acids is 1. The molecular formula is C9H8F3NO. The summed E-state index contributed by atoms with van der Waals surface area (Å²) in [5.41, 5.74) is 4.51. The van der Waals surface area contributed by atoms with Gasteiger partial charge in [0.25, 0.3) is 0 Å². The summed E-state index contributed by atoms with van der Waals surface area (Å²) in [5.74, 6) is -0.726. The number of hydrogen-bond donors (Lipinski definition) is 1. The van der Waals surface area contributed by atoms with Crippen LogP contribution in [0.4, 0.5) is 13.2 Å². The monoisotopic (exact) mass is 203 g/mol. The van der Waals surface area contributed by atoms with Crippen molar-refractivity contribution >= 4 is 5.91 Å². The molecule has 1 aromatic carbocycles. The maximum atomic E-state index is 12.2. The Labute approximate surface area is 78.5 Å². The summed E-state index contributed by atoms with van der Waals surface area (Å²) in [7, 11) is 0. The zero-order valence-electron chi connectivity index (χ0n) is 7.35. The second kappa shape index (κ2) is 3.32. The minimum absolute atomic E-state index is 0.109. The number of alkyl halides is 3. The molecule has 0 bridgehead atoms.